The Morgan fingerprint density at radius 3 is 2.63 bits per heavy atom. The van der Waals surface area contributed by atoms with Gasteiger partial charge in [-0.25, -0.2) is 0 Å². The van der Waals surface area contributed by atoms with E-state index in [1.165, 1.54) is 25.3 Å². The Bertz CT molecular complexity index is 553. The predicted molar refractivity (Wildman–Crippen MR) is 66.6 cm³/mol. The Balaban J connectivity index is 2.97. The van der Waals surface area contributed by atoms with Crippen molar-refractivity contribution in [3.05, 3.63) is 40.5 Å². The number of nitrogens with zero attached hydrogens (tertiary/aromatic N) is 1. The molecule has 1 aromatic carbocycles. The summed E-state index contributed by atoms with van der Waals surface area (Å²) in [5.74, 6) is -1.20. The average Bonchev–Trinajstić information content (AvgIpc) is 2.36. The van der Waals surface area contributed by atoms with Gasteiger partial charge in [-0.1, -0.05) is 0 Å². The number of carbonyl (C=O) groups is 2. The molecule has 0 heterocycles. The molecular weight excluding hydrogens is 254 g/mol. The lowest BCUT2D eigenvalue weighted by atomic mass is 10.2. The van der Waals surface area contributed by atoms with Crippen molar-refractivity contribution < 1.29 is 19.2 Å². The minimum atomic E-state index is -0.792. The number of benzene rings is 1. The largest absolute Gasteiger partial charge is 0.496 e. The normalized spacial score (nSPS) is 10.2. The van der Waals surface area contributed by atoms with Crippen LogP contribution in [0.2, 0.25) is 0 Å². The van der Waals surface area contributed by atoms with Crippen LogP contribution in [-0.4, -0.2) is 23.8 Å². The predicted octanol–water partition coefficient (Wildman–Crippen LogP) is 0.583. The van der Waals surface area contributed by atoms with Crippen LogP contribution in [0.4, 0.5) is 11.4 Å². The van der Waals surface area contributed by atoms with Crippen LogP contribution in [-0.2, 0) is 9.59 Å². The number of hydrogen-bond acceptors (Lipinski definition) is 5. The van der Waals surface area contributed by atoms with Gasteiger partial charge in [0.15, 0.2) is 0 Å². The quantitative estimate of drug-likeness (QED) is 0.457. The van der Waals surface area contributed by atoms with E-state index in [1.54, 1.807) is 0 Å². The maximum atomic E-state index is 11.4. The number of nitro groups is 1. The van der Waals surface area contributed by atoms with E-state index in [0.29, 0.717) is 0 Å². The number of nitro benzene ring substituents is 1. The van der Waals surface area contributed by atoms with Crippen LogP contribution in [0.15, 0.2) is 30.4 Å². The number of anilines is 1. The first kappa shape index (κ1) is 14.2. The summed E-state index contributed by atoms with van der Waals surface area (Å²) in [5.41, 5.74) is 4.49. The summed E-state index contributed by atoms with van der Waals surface area (Å²) in [5, 5.41) is 13.1. The van der Waals surface area contributed by atoms with Crippen molar-refractivity contribution in [2.45, 2.75) is 0 Å². The van der Waals surface area contributed by atoms with E-state index >= 15 is 0 Å². The topological polar surface area (TPSA) is 125 Å². The van der Waals surface area contributed by atoms with Gasteiger partial charge in [-0.05, 0) is 12.1 Å². The molecule has 0 unspecified atom stereocenters. The van der Waals surface area contributed by atoms with Gasteiger partial charge in [0, 0.05) is 12.2 Å². The highest BCUT2D eigenvalue weighted by molar-refractivity contribution is 6.04. The molecule has 1 aromatic rings. The molecule has 2 amide bonds. The van der Waals surface area contributed by atoms with E-state index in [4.69, 9.17) is 10.5 Å². The maximum Gasteiger partial charge on any atom is 0.296 e. The number of primary amides is 1. The van der Waals surface area contributed by atoms with Gasteiger partial charge >= 0.3 is 0 Å². The lowest BCUT2D eigenvalue weighted by Gasteiger charge is -2.05. The number of rotatable bonds is 5. The summed E-state index contributed by atoms with van der Waals surface area (Å²) >= 11 is 0. The van der Waals surface area contributed by atoms with E-state index in [0.717, 1.165) is 12.2 Å². The van der Waals surface area contributed by atoms with E-state index in [1.807, 2.05) is 0 Å². The van der Waals surface area contributed by atoms with Crippen LogP contribution in [0.3, 0.4) is 0 Å². The van der Waals surface area contributed by atoms with Gasteiger partial charge in [0.25, 0.3) is 5.69 Å². The van der Waals surface area contributed by atoms with Crippen LogP contribution in [0.5, 0.6) is 5.75 Å². The van der Waals surface area contributed by atoms with Crippen LogP contribution < -0.4 is 15.8 Å². The lowest BCUT2D eigenvalue weighted by molar-refractivity contribution is -0.384. The molecule has 0 atom stereocenters. The number of carbonyl (C=O) groups excluding carboxylic acids is 2. The van der Waals surface area contributed by atoms with Gasteiger partial charge in [0.05, 0.1) is 18.1 Å². The van der Waals surface area contributed by atoms with E-state index in [9.17, 15) is 19.7 Å². The lowest BCUT2D eigenvalue weighted by Crippen LogP contribution is -2.12. The molecular formula is C11H11N3O5. The molecule has 0 radical (unpaired) electrons. The highest BCUT2D eigenvalue weighted by Crippen LogP contribution is 2.28. The van der Waals surface area contributed by atoms with Gasteiger partial charge in [0.2, 0.25) is 11.8 Å². The maximum absolute atomic E-state index is 11.4. The van der Waals surface area contributed by atoms with Crippen molar-refractivity contribution in [3.8, 4) is 5.75 Å². The second-order valence-electron chi connectivity index (χ2n) is 3.37. The average molecular weight is 265 g/mol. The van der Waals surface area contributed by atoms with Gasteiger partial charge in [-0.15, -0.1) is 0 Å². The zero-order valence-electron chi connectivity index (χ0n) is 9.95. The molecule has 0 aromatic heterocycles. The van der Waals surface area contributed by atoms with Crippen LogP contribution in [0, 0.1) is 10.1 Å². The molecule has 0 bridgehead atoms. The Morgan fingerprint density at radius 2 is 2.11 bits per heavy atom. The number of methoxy groups -OCH3 is 1. The van der Waals surface area contributed by atoms with Crippen LogP contribution >= 0.6 is 0 Å². The minimum Gasteiger partial charge on any atom is -0.496 e. The Hall–Kier alpha value is -2.90. The fourth-order valence-corrected chi connectivity index (χ4v) is 1.23. The van der Waals surface area contributed by atoms with Gasteiger partial charge < -0.3 is 15.8 Å². The Kier molecular flexibility index (Phi) is 4.58. The van der Waals surface area contributed by atoms with Crippen molar-refractivity contribution in [2.75, 3.05) is 12.4 Å². The molecule has 0 saturated heterocycles. The standard InChI is InChI=1S/C11H11N3O5/c1-19-7-2-3-8(9(6-7)14(17)18)13-11(16)5-4-10(12)15/h2-6H,1H3,(H2,12,15)(H,13,16)/b5-4-. The summed E-state index contributed by atoms with van der Waals surface area (Å²) in [7, 11) is 1.37. The number of ether oxygens (including phenoxy) is 1. The monoisotopic (exact) mass is 265 g/mol. The third-order valence-corrected chi connectivity index (χ3v) is 2.06. The first-order valence-corrected chi connectivity index (χ1v) is 5.05. The smallest absolute Gasteiger partial charge is 0.296 e. The zero-order valence-corrected chi connectivity index (χ0v) is 9.95. The molecule has 0 aliphatic rings. The number of hydrogen-bond donors (Lipinski definition) is 2. The summed E-state index contributed by atoms with van der Waals surface area (Å²) in [6.45, 7) is 0. The molecule has 0 saturated carbocycles. The van der Waals surface area contributed by atoms with E-state index in [-0.39, 0.29) is 17.1 Å². The molecule has 8 heteroatoms. The first-order valence-electron chi connectivity index (χ1n) is 5.05. The van der Waals surface area contributed by atoms with E-state index < -0.39 is 16.7 Å². The summed E-state index contributed by atoms with van der Waals surface area (Å²) < 4.78 is 4.85. The molecule has 1 rings (SSSR count). The van der Waals surface area contributed by atoms with Crippen molar-refractivity contribution in [2.24, 2.45) is 5.73 Å². The van der Waals surface area contributed by atoms with Crippen molar-refractivity contribution in [1.29, 1.82) is 0 Å². The molecule has 0 aliphatic heterocycles. The molecule has 3 N–H and O–H groups in total. The van der Waals surface area contributed by atoms with Gasteiger partial charge in [-0.2, -0.15) is 0 Å². The van der Waals surface area contributed by atoms with Crippen molar-refractivity contribution >= 4 is 23.2 Å². The fourth-order valence-electron chi connectivity index (χ4n) is 1.23. The molecule has 0 fully saturated rings. The number of nitrogens with two attached hydrogens (primary N) is 1. The molecule has 100 valence electrons. The molecule has 8 nitrogen and oxygen atoms in total. The Morgan fingerprint density at radius 1 is 1.42 bits per heavy atom. The summed E-state index contributed by atoms with van der Waals surface area (Å²) in [4.78, 5) is 32.0. The number of nitrogens with one attached hydrogen (secondary N) is 1. The van der Waals surface area contributed by atoms with Gasteiger partial charge in [-0.3, -0.25) is 19.7 Å². The van der Waals surface area contributed by atoms with Crippen molar-refractivity contribution in [1.82, 2.24) is 0 Å². The summed E-state index contributed by atoms with van der Waals surface area (Å²) in [6.07, 6.45) is 1.74. The summed E-state index contributed by atoms with van der Waals surface area (Å²) in [6, 6.07) is 3.96. The van der Waals surface area contributed by atoms with Crippen LogP contribution in [0.25, 0.3) is 0 Å². The van der Waals surface area contributed by atoms with E-state index in [2.05, 4.69) is 5.32 Å². The van der Waals surface area contributed by atoms with Gasteiger partial charge in [0.1, 0.15) is 11.4 Å². The minimum absolute atomic E-state index is 0.00933. The SMILES string of the molecule is COc1ccc(NC(=O)/C=C\C(N)=O)c([N+](=O)[O-])c1. The van der Waals surface area contributed by atoms with Crippen LogP contribution in [0.1, 0.15) is 0 Å². The molecule has 0 aliphatic carbocycles. The highest BCUT2D eigenvalue weighted by atomic mass is 16.6. The third kappa shape index (κ3) is 4.11. The highest BCUT2D eigenvalue weighted by Gasteiger charge is 2.16. The van der Waals surface area contributed by atoms with Crippen molar-refractivity contribution in [3.63, 3.8) is 0 Å². The number of amides is 2. The first-order chi connectivity index (χ1) is 8.93. The zero-order chi connectivity index (χ0) is 14.4. The third-order valence-electron chi connectivity index (χ3n) is 2.06. The second kappa shape index (κ2) is 6.15. The fraction of sp³-hybridized carbons (Fsp3) is 0.0909. The molecule has 19 heavy (non-hydrogen) atoms. The Labute approximate surface area is 108 Å². The molecule has 0 spiro atoms. The second-order valence-corrected chi connectivity index (χ2v) is 3.37.